The molecule has 0 aliphatic carbocycles. The molecule has 0 aromatic heterocycles. The molecule has 0 fully saturated rings. The number of methoxy groups -OCH3 is 2. The molecular weight excluding hydrogens is 256 g/mol. The third kappa shape index (κ3) is 2.74. The summed E-state index contributed by atoms with van der Waals surface area (Å²) in [5.74, 6) is 0.852. The van der Waals surface area contributed by atoms with Crippen molar-refractivity contribution in [2.75, 3.05) is 14.2 Å². The summed E-state index contributed by atoms with van der Waals surface area (Å²) in [4.78, 5) is 12.3. The van der Waals surface area contributed by atoms with E-state index in [2.05, 4.69) is 0 Å². The molecular formula is C16H16O4. The second-order valence-electron chi connectivity index (χ2n) is 4.19. The minimum absolute atomic E-state index is 0.278. The average Bonchev–Trinajstić information content (AvgIpc) is 2.48. The topological polar surface area (TPSA) is 44.8 Å². The number of aryl methyl sites for hydroxylation is 1. The monoisotopic (exact) mass is 272 g/mol. The van der Waals surface area contributed by atoms with Gasteiger partial charge in [0.2, 0.25) is 0 Å². The second-order valence-corrected chi connectivity index (χ2v) is 4.19. The van der Waals surface area contributed by atoms with Crippen molar-refractivity contribution in [3.8, 4) is 17.2 Å². The second kappa shape index (κ2) is 6.10. The summed E-state index contributed by atoms with van der Waals surface area (Å²) < 4.78 is 15.8. The Kier molecular flexibility index (Phi) is 4.25. The minimum Gasteiger partial charge on any atom is -0.496 e. The first-order chi connectivity index (χ1) is 9.67. The highest BCUT2D eigenvalue weighted by atomic mass is 16.5. The molecule has 0 saturated heterocycles. The summed E-state index contributed by atoms with van der Waals surface area (Å²) in [5, 5.41) is 0. The van der Waals surface area contributed by atoms with Crippen molar-refractivity contribution in [1.82, 2.24) is 0 Å². The van der Waals surface area contributed by atoms with Gasteiger partial charge in [0.25, 0.3) is 0 Å². The molecule has 2 rings (SSSR count). The third-order valence-electron chi connectivity index (χ3n) is 2.93. The van der Waals surface area contributed by atoms with Gasteiger partial charge in [-0.2, -0.15) is 0 Å². The Morgan fingerprint density at radius 2 is 1.40 bits per heavy atom. The first-order valence-electron chi connectivity index (χ1n) is 6.16. The van der Waals surface area contributed by atoms with Gasteiger partial charge in [-0.3, -0.25) is 0 Å². The molecule has 0 aliphatic heterocycles. The standard InChI is InChI=1S/C16H16O4/c1-11-7-4-5-8-12(11)20-16(17)15-13(18-2)9-6-10-14(15)19-3/h4-10H,1-3H3. The number of hydrogen-bond donors (Lipinski definition) is 0. The predicted molar refractivity (Wildman–Crippen MR) is 75.7 cm³/mol. The number of esters is 1. The van der Waals surface area contributed by atoms with Gasteiger partial charge >= 0.3 is 5.97 Å². The van der Waals surface area contributed by atoms with E-state index in [-0.39, 0.29) is 5.56 Å². The van der Waals surface area contributed by atoms with Crippen LogP contribution in [0.25, 0.3) is 0 Å². The molecule has 20 heavy (non-hydrogen) atoms. The van der Waals surface area contributed by atoms with Crippen LogP contribution >= 0.6 is 0 Å². The van der Waals surface area contributed by atoms with Crippen LogP contribution in [-0.4, -0.2) is 20.2 Å². The number of hydrogen-bond acceptors (Lipinski definition) is 4. The molecule has 0 amide bonds. The molecule has 2 aromatic rings. The SMILES string of the molecule is COc1cccc(OC)c1C(=O)Oc1ccccc1C. The average molecular weight is 272 g/mol. The van der Waals surface area contributed by atoms with Gasteiger partial charge in [-0.1, -0.05) is 24.3 Å². The lowest BCUT2D eigenvalue weighted by atomic mass is 10.1. The minimum atomic E-state index is -0.506. The van der Waals surface area contributed by atoms with E-state index in [4.69, 9.17) is 14.2 Å². The third-order valence-corrected chi connectivity index (χ3v) is 2.93. The fourth-order valence-electron chi connectivity index (χ4n) is 1.87. The van der Waals surface area contributed by atoms with E-state index in [0.717, 1.165) is 5.56 Å². The molecule has 0 heterocycles. The van der Waals surface area contributed by atoms with E-state index in [1.54, 1.807) is 24.3 Å². The first kappa shape index (κ1) is 13.9. The molecule has 4 heteroatoms. The van der Waals surface area contributed by atoms with Crippen molar-refractivity contribution in [2.45, 2.75) is 6.92 Å². The maximum atomic E-state index is 12.3. The number of ether oxygens (including phenoxy) is 3. The van der Waals surface area contributed by atoms with Crippen LogP contribution in [0.2, 0.25) is 0 Å². The number of rotatable bonds is 4. The Morgan fingerprint density at radius 3 is 1.95 bits per heavy atom. The van der Waals surface area contributed by atoms with Crippen LogP contribution in [0.3, 0.4) is 0 Å². The first-order valence-corrected chi connectivity index (χ1v) is 6.16. The maximum Gasteiger partial charge on any atom is 0.351 e. The quantitative estimate of drug-likeness (QED) is 0.633. The predicted octanol–water partition coefficient (Wildman–Crippen LogP) is 3.23. The molecule has 104 valence electrons. The van der Waals surface area contributed by atoms with E-state index in [1.807, 2.05) is 25.1 Å². The molecule has 0 saturated carbocycles. The Bertz CT molecular complexity index is 597. The lowest BCUT2D eigenvalue weighted by Gasteiger charge is -2.13. The Labute approximate surface area is 117 Å². The molecule has 0 N–H and O–H groups in total. The van der Waals surface area contributed by atoms with Gasteiger partial charge in [-0.05, 0) is 30.7 Å². The molecule has 0 aliphatic rings. The van der Waals surface area contributed by atoms with E-state index in [0.29, 0.717) is 17.2 Å². The van der Waals surface area contributed by atoms with Gasteiger partial charge in [0.05, 0.1) is 14.2 Å². The smallest absolute Gasteiger partial charge is 0.351 e. The van der Waals surface area contributed by atoms with E-state index in [9.17, 15) is 4.79 Å². The maximum absolute atomic E-state index is 12.3. The number of benzene rings is 2. The van der Waals surface area contributed by atoms with Crippen molar-refractivity contribution in [3.63, 3.8) is 0 Å². The number of carbonyl (C=O) groups excluding carboxylic acids is 1. The number of carbonyl (C=O) groups is 1. The van der Waals surface area contributed by atoms with Crippen LogP contribution in [-0.2, 0) is 0 Å². The Balaban J connectivity index is 2.36. The molecule has 4 nitrogen and oxygen atoms in total. The van der Waals surface area contributed by atoms with Gasteiger partial charge in [-0.25, -0.2) is 4.79 Å². The zero-order valence-corrected chi connectivity index (χ0v) is 11.7. The van der Waals surface area contributed by atoms with Crippen molar-refractivity contribution in [3.05, 3.63) is 53.6 Å². The molecule has 2 aromatic carbocycles. The summed E-state index contributed by atoms with van der Waals surface area (Å²) in [5.41, 5.74) is 1.16. The van der Waals surface area contributed by atoms with Crippen LogP contribution < -0.4 is 14.2 Å². The highest BCUT2D eigenvalue weighted by molar-refractivity contribution is 5.97. The van der Waals surface area contributed by atoms with Crippen LogP contribution in [0, 0.1) is 6.92 Å². The van der Waals surface area contributed by atoms with Gasteiger partial charge in [0.1, 0.15) is 22.8 Å². The Hall–Kier alpha value is -2.49. The Morgan fingerprint density at radius 1 is 0.850 bits per heavy atom. The van der Waals surface area contributed by atoms with Crippen LogP contribution in [0.5, 0.6) is 17.2 Å². The van der Waals surface area contributed by atoms with Crippen LogP contribution in [0.4, 0.5) is 0 Å². The normalized spacial score (nSPS) is 9.95. The summed E-state index contributed by atoms with van der Waals surface area (Å²) in [6.07, 6.45) is 0. The van der Waals surface area contributed by atoms with Crippen molar-refractivity contribution in [2.24, 2.45) is 0 Å². The summed E-state index contributed by atoms with van der Waals surface area (Å²) in [6, 6.07) is 12.5. The van der Waals surface area contributed by atoms with Gasteiger partial charge < -0.3 is 14.2 Å². The fourth-order valence-corrected chi connectivity index (χ4v) is 1.87. The summed E-state index contributed by atoms with van der Waals surface area (Å²) in [7, 11) is 3.00. The summed E-state index contributed by atoms with van der Waals surface area (Å²) in [6.45, 7) is 1.88. The van der Waals surface area contributed by atoms with Gasteiger partial charge in [-0.15, -0.1) is 0 Å². The zero-order chi connectivity index (χ0) is 14.5. The molecule has 0 unspecified atom stereocenters. The van der Waals surface area contributed by atoms with E-state index < -0.39 is 5.97 Å². The lowest BCUT2D eigenvalue weighted by Crippen LogP contribution is -2.12. The summed E-state index contributed by atoms with van der Waals surface area (Å²) >= 11 is 0. The fraction of sp³-hybridized carbons (Fsp3) is 0.188. The van der Waals surface area contributed by atoms with E-state index >= 15 is 0 Å². The molecule has 0 atom stereocenters. The number of para-hydroxylation sites is 1. The largest absolute Gasteiger partial charge is 0.496 e. The van der Waals surface area contributed by atoms with Crippen molar-refractivity contribution in [1.29, 1.82) is 0 Å². The highest BCUT2D eigenvalue weighted by Gasteiger charge is 2.20. The zero-order valence-electron chi connectivity index (χ0n) is 11.7. The van der Waals surface area contributed by atoms with Crippen molar-refractivity contribution >= 4 is 5.97 Å². The van der Waals surface area contributed by atoms with Crippen LogP contribution in [0.1, 0.15) is 15.9 Å². The van der Waals surface area contributed by atoms with Crippen LogP contribution in [0.15, 0.2) is 42.5 Å². The lowest BCUT2D eigenvalue weighted by molar-refractivity contribution is 0.0726. The molecule has 0 bridgehead atoms. The van der Waals surface area contributed by atoms with E-state index in [1.165, 1.54) is 14.2 Å². The van der Waals surface area contributed by atoms with Crippen molar-refractivity contribution < 1.29 is 19.0 Å². The highest BCUT2D eigenvalue weighted by Crippen LogP contribution is 2.30. The van der Waals surface area contributed by atoms with Gasteiger partial charge in [0, 0.05) is 0 Å². The molecule has 0 spiro atoms. The van der Waals surface area contributed by atoms with Gasteiger partial charge in [0.15, 0.2) is 0 Å². The molecule has 0 radical (unpaired) electrons.